The normalized spacial score (nSPS) is 12.5. The largest absolute Gasteiger partial charge is 0.506 e. The number of nitrogens with zero attached hydrogens (tertiary/aromatic N) is 2. The molecule has 0 spiro atoms. The molecule has 2 N–H and O–H groups in total. The Bertz CT molecular complexity index is 830. The third-order valence-electron chi connectivity index (χ3n) is 4.24. The Morgan fingerprint density at radius 1 is 1.38 bits per heavy atom. The number of rotatable bonds is 5. The van der Waals surface area contributed by atoms with Crippen LogP contribution in [-0.4, -0.2) is 47.7 Å². The van der Waals surface area contributed by atoms with E-state index >= 15 is 0 Å². The average Bonchev–Trinajstić information content (AvgIpc) is 2.94. The van der Waals surface area contributed by atoms with Gasteiger partial charge in [0.2, 0.25) is 0 Å². The average molecular weight is 352 g/mol. The van der Waals surface area contributed by atoms with E-state index in [4.69, 9.17) is 0 Å². The molecular formula is C17H22ClN3O3. The molecule has 0 saturated heterocycles. The van der Waals surface area contributed by atoms with Crippen molar-refractivity contribution in [3.8, 4) is 5.75 Å². The topological polar surface area (TPSA) is 74.6 Å². The van der Waals surface area contributed by atoms with E-state index in [2.05, 4.69) is 5.32 Å². The summed E-state index contributed by atoms with van der Waals surface area (Å²) >= 11 is 0. The number of aryl methyl sites for hydroxylation is 2. The Balaban J connectivity index is 0.00000208. The fourth-order valence-electron chi connectivity index (χ4n) is 3.11. The van der Waals surface area contributed by atoms with Crippen LogP contribution in [0.15, 0.2) is 23.0 Å². The Morgan fingerprint density at radius 3 is 2.83 bits per heavy atom. The van der Waals surface area contributed by atoms with Crippen molar-refractivity contribution in [2.24, 2.45) is 0 Å². The van der Waals surface area contributed by atoms with Gasteiger partial charge in [0, 0.05) is 18.5 Å². The SMILES string of the molecule is CN(C)CCCNC(=O)c1c(O)c2cccc3c2n(c1=O)CC3.Cl. The van der Waals surface area contributed by atoms with Crippen molar-refractivity contribution in [2.45, 2.75) is 19.4 Å². The minimum absolute atomic E-state index is 0. The molecule has 1 aromatic heterocycles. The van der Waals surface area contributed by atoms with Gasteiger partial charge in [-0.1, -0.05) is 12.1 Å². The van der Waals surface area contributed by atoms with Crippen molar-refractivity contribution in [2.75, 3.05) is 27.2 Å². The number of carbonyl (C=O) groups is 1. The number of aromatic nitrogens is 1. The van der Waals surface area contributed by atoms with Gasteiger partial charge in [-0.15, -0.1) is 12.4 Å². The van der Waals surface area contributed by atoms with Crippen molar-refractivity contribution < 1.29 is 9.90 Å². The summed E-state index contributed by atoms with van der Waals surface area (Å²) in [5, 5.41) is 13.7. The van der Waals surface area contributed by atoms with Crippen LogP contribution in [0.4, 0.5) is 0 Å². The summed E-state index contributed by atoms with van der Waals surface area (Å²) in [6, 6.07) is 5.54. The van der Waals surface area contributed by atoms with Crippen molar-refractivity contribution in [1.29, 1.82) is 0 Å². The first-order chi connectivity index (χ1) is 11.0. The van der Waals surface area contributed by atoms with Crippen molar-refractivity contribution in [3.05, 3.63) is 39.7 Å². The lowest BCUT2D eigenvalue weighted by molar-refractivity contribution is 0.0948. The van der Waals surface area contributed by atoms with Crippen LogP contribution < -0.4 is 10.9 Å². The molecule has 0 bridgehead atoms. The van der Waals surface area contributed by atoms with Crippen LogP contribution in [-0.2, 0) is 13.0 Å². The highest BCUT2D eigenvalue weighted by Crippen LogP contribution is 2.31. The second kappa shape index (κ2) is 7.23. The maximum Gasteiger partial charge on any atom is 0.267 e. The Kier molecular flexibility index (Phi) is 5.51. The zero-order valence-corrected chi connectivity index (χ0v) is 14.7. The molecule has 24 heavy (non-hydrogen) atoms. The number of aromatic hydroxyl groups is 1. The second-order valence-corrected chi connectivity index (χ2v) is 6.16. The van der Waals surface area contributed by atoms with Gasteiger partial charge in [-0.25, -0.2) is 0 Å². The van der Waals surface area contributed by atoms with E-state index in [0.29, 0.717) is 18.5 Å². The van der Waals surface area contributed by atoms with Crippen LogP contribution in [0, 0.1) is 0 Å². The molecule has 6 nitrogen and oxygen atoms in total. The smallest absolute Gasteiger partial charge is 0.267 e. The monoisotopic (exact) mass is 351 g/mol. The second-order valence-electron chi connectivity index (χ2n) is 6.16. The predicted octanol–water partition coefficient (Wildman–Crippen LogP) is 1.37. The van der Waals surface area contributed by atoms with Gasteiger partial charge in [0.25, 0.3) is 11.5 Å². The van der Waals surface area contributed by atoms with Crippen molar-refractivity contribution >= 4 is 29.2 Å². The van der Waals surface area contributed by atoms with Crippen LogP contribution in [0.2, 0.25) is 0 Å². The van der Waals surface area contributed by atoms with E-state index in [0.717, 1.165) is 30.5 Å². The van der Waals surface area contributed by atoms with Crippen molar-refractivity contribution in [3.63, 3.8) is 0 Å². The molecule has 2 aromatic rings. The lowest BCUT2D eigenvalue weighted by atomic mass is 10.1. The molecule has 1 aromatic carbocycles. The molecular weight excluding hydrogens is 330 g/mol. The summed E-state index contributed by atoms with van der Waals surface area (Å²) in [5.41, 5.74) is 1.22. The van der Waals surface area contributed by atoms with Gasteiger partial charge in [0.15, 0.2) is 0 Å². The highest BCUT2D eigenvalue weighted by Gasteiger charge is 2.25. The highest BCUT2D eigenvalue weighted by atomic mass is 35.5. The fourth-order valence-corrected chi connectivity index (χ4v) is 3.11. The molecule has 1 aliphatic rings. The van der Waals surface area contributed by atoms with Crippen LogP contribution in [0.25, 0.3) is 10.9 Å². The molecule has 0 unspecified atom stereocenters. The first-order valence-corrected chi connectivity index (χ1v) is 7.81. The van der Waals surface area contributed by atoms with Crippen LogP contribution in [0.5, 0.6) is 5.75 Å². The van der Waals surface area contributed by atoms with Gasteiger partial charge in [-0.2, -0.15) is 0 Å². The number of hydrogen-bond donors (Lipinski definition) is 2. The zero-order chi connectivity index (χ0) is 16.6. The van der Waals surface area contributed by atoms with Gasteiger partial charge >= 0.3 is 0 Å². The lowest BCUT2D eigenvalue weighted by Gasteiger charge is -2.12. The molecule has 0 fully saturated rings. The molecule has 1 amide bonds. The minimum Gasteiger partial charge on any atom is -0.506 e. The van der Waals surface area contributed by atoms with E-state index in [1.807, 2.05) is 31.1 Å². The number of nitrogens with one attached hydrogen (secondary N) is 1. The molecule has 1 aliphatic heterocycles. The number of amides is 1. The maximum absolute atomic E-state index is 12.6. The number of hydrogen-bond acceptors (Lipinski definition) is 4. The quantitative estimate of drug-likeness (QED) is 0.798. The molecule has 0 aliphatic carbocycles. The maximum atomic E-state index is 12.6. The predicted molar refractivity (Wildman–Crippen MR) is 96.3 cm³/mol. The molecule has 130 valence electrons. The lowest BCUT2D eigenvalue weighted by Crippen LogP contribution is -2.34. The summed E-state index contributed by atoms with van der Waals surface area (Å²) in [7, 11) is 3.92. The van der Waals surface area contributed by atoms with E-state index in [9.17, 15) is 14.7 Å². The van der Waals surface area contributed by atoms with Crippen LogP contribution in [0.1, 0.15) is 22.3 Å². The highest BCUT2D eigenvalue weighted by molar-refractivity contribution is 6.03. The minimum atomic E-state index is -0.505. The third kappa shape index (κ3) is 3.12. The first kappa shape index (κ1) is 18.3. The number of pyridine rings is 1. The molecule has 0 saturated carbocycles. The Morgan fingerprint density at radius 2 is 2.12 bits per heavy atom. The molecule has 7 heteroatoms. The van der Waals surface area contributed by atoms with Gasteiger partial charge < -0.3 is 19.9 Å². The van der Waals surface area contributed by atoms with Gasteiger partial charge in [-0.05, 0) is 45.1 Å². The van der Waals surface area contributed by atoms with Gasteiger partial charge in [0.05, 0.1) is 5.52 Å². The van der Waals surface area contributed by atoms with E-state index in [-0.39, 0.29) is 23.7 Å². The fraction of sp³-hybridized carbons (Fsp3) is 0.412. The zero-order valence-electron chi connectivity index (χ0n) is 13.8. The number of benzene rings is 1. The van der Waals surface area contributed by atoms with E-state index in [1.54, 1.807) is 10.6 Å². The van der Waals surface area contributed by atoms with E-state index in [1.165, 1.54) is 0 Å². The molecule has 0 atom stereocenters. The summed E-state index contributed by atoms with van der Waals surface area (Å²) < 4.78 is 1.60. The number of carbonyl (C=O) groups excluding carboxylic acids is 1. The summed E-state index contributed by atoms with van der Waals surface area (Å²) in [5.74, 6) is -0.718. The summed E-state index contributed by atoms with van der Waals surface area (Å²) in [4.78, 5) is 27.0. The molecule has 0 radical (unpaired) electrons. The molecule has 2 heterocycles. The van der Waals surface area contributed by atoms with E-state index < -0.39 is 11.5 Å². The third-order valence-corrected chi connectivity index (χ3v) is 4.24. The number of halogens is 1. The van der Waals surface area contributed by atoms with Gasteiger partial charge in [0.1, 0.15) is 11.3 Å². The summed E-state index contributed by atoms with van der Waals surface area (Å²) in [6.07, 6.45) is 1.53. The van der Waals surface area contributed by atoms with Crippen molar-refractivity contribution in [1.82, 2.24) is 14.8 Å². The van der Waals surface area contributed by atoms with Crippen LogP contribution >= 0.6 is 12.4 Å². The first-order valence-electron chi connectivity index (χ1n) is 7.81. The Hall–Kier alpha value is -2.05. The molecule has 3 rings (SSSR count). The van der Waals surface area contributed by atoms with Gasteiger partial charge in [-0.3, -0.25) is 9.59 Å². The van der Waals surface area contributed by atoms with Crippen LogP contribution in [0.3, 0.4) is 0 Å². The Labute approximate surface area is 146 Å². The number of para-hydroxylation sites is 1. The summed E-state index contributed by atoms with van der Waals surface area (Å²) in [6.45, 7) is 1.86. The standard InChI is InChI=1S/C17H21N3O3.ClH/c1-19(2)9-4-8-18-16(22)13-15(21)12-6-3-5-11-7-10-20(14(11)12)17(13)23;/h3,5-6,21H,4,7-10H2,1-2H3,(H,18,22);1H.